The summed E-state index contributed by atoms with van der Waals surface area (Å²) in [6, 6.07) is 0. The highest BCUT2D eigenvalue weighted by atomic mass is 32.2. The standard InChI is InChI=1S/C11H18N2O3S/c14-6-9-2-1-3-12(4-9)10(15)5-13-8-17-7-11(13)16/h9,14H,1-8H2. The summed E-state index contributed by atoms with van der Waals surface area (Å²) in [5.41, 5.74) is 0. The maximum atomic E-state index is 12.0. The number of hydrogen-bond acceptors (Lipinski definition) is 4. The Hall–Kier alpha value is -0.750. The zero-order valence-electron chi connectivity index (χ0n) is 9.80. The number of likely N-dealkylation sites (tertiary alicyclic amines) is 1. The van der Waals surface area contributed by atoms with E-state index in [2.05, 4.69) is 0 Å². The van der Waals surface area contributed by atoms with Crippen LogP contribution in [0.2, 0.25) is 0 Å². The molecule has 2 aliphatic heterocycles. The minimum absolute atomic E-state index is 0.0130. The summed E-state index contributed by atoms with van der Waals surface area (Å²) < 4.78 is 0. The molecule has 0 radical (unpaired) electrons. The molecule has 0 spiro atoms. The van der Waals surface area contributed by atoms with Crippen molar-refractivity contribution in [3.8, 4) is 0 Å². The van der Waals surface area contributed by atoms with Gasteiger partial charge in [-0.3, -0.25) is 9.59 Å². The third-order valence-electron chi connectivity index (χ3n) is 3.28. The molecular weight excluding hydrogens is 240 g/mol. The number of nitrogens with zero attached hydrogens (tertiary/aromatic N) is 2. The van der Waals surface area contributed by atoms with E-state index in [0.29, 0.717) is 18.2 Å². The van der Waals surface area contributed by atoms with Crippen LogP contribution in [0.25, 0.3) is 0 Å². The summed E-state index contributed by atoms with van der Waals surface area (Å²) in [5, 5.41) is 9.11. The second-order valence-corrected chi connectivity index (χ2v) is 5.55. The number of carbonyl (C=O) groups is 2. The van der Waals surface area contributed by atoms with Crippen LogP contribution in [0.1, 0.15) is 12.8 Å². The molecule has 17 heavy (non-hydrogen) atoms. The van der Waals surface area contributed by atoms with E-state index in [-0.39, 0.29) is 30.9 Å². The smallest absolute Gasteiger partial charge is 0.242 e. The SMILES string of the molecule is O=C1CSCN1CC(=O)N1CCCC(CO)C1. The molecule has 0 aromatic carbocycles. The first-order valence-electron chi connectivity index (χ1n) is 5.95. The molecule has 6 heteroatoms. The van der Waals surface area contributed by atoms with E-state index in [1.165, 1.54) is 0 Å². The van der Waals surface area contributed by atoms with Crippen LogP contribution >= 0.6 is 11.8 Å². The van der Waals surface area contributed by atoms with Gasteiger partial charge in [-0.1, -0.05) is 0 Å². The Bertz CT molecular complexity index is 311. The third kappa shape index (κ3) is 3.13. The quantitative estimate of drug-likeness (QED) is 0.758. The highest BCUT2D eigenvalue weighted by molar-refractivity contribution is 8.00. The molecule has 1 unspecified atom stereocenters. The molecule has 0 saturated carbocycles. The van der Waals surface area contributed by atoms with Gasteiger partial charge in [0.2, 0.25) is 11.8 Å². The van der Waals surface area contributed by atoms with Crippen molar-refractivity contribution >= 4 is 23.6 Å². The minimum atomic E-state index is 0.0130. The molecule has 0 bridgehead atoms. The van der Waals surface area contributed by atoms with Crippen molar-refractivity contribution in [1.29, 1.82) is 0 Å². The molecule has 0 aromatic heterocycles. The normalized spacial score (nSPS) is 25.5. The van der Waals surface area contributed by atoms with Crippen LogP contribution in [0.5, 0.6) is 0 Å². The van der Waals surface area contributed by atoms with E-state index in [4.69, 9.17) is 5.11 Å². The van der Waals surface area contributed by atoms with Gasteiger partial charge in [-0.25, -0.2) is 0 Å². The van der Waals surface area contributed by atoms with Crippen molar-refractivity contribution in [1.82, 2.24) is 9.80 Å². The second-order valence-electron chi connectivity index (χ2n) is 4.60. The van der Waals surface area contributed by atoms with Crippen molar-refractivity contribution in [3.63, 3.8) is 0 Å². The molecule has 2 heterocycles. The summed E-state index contributed by atoms with van der Waals surface area (Å²) in [4.78, 5) is 26.8. The molecule has 1 N–H and O–H groups in total. The fraction of sp³-hybridized carbons (Fsp3) is 0.818. The van der Waals surface area contributed by atoms with Crippen molar-refractivity contribution in [2.45, 2.75) is 12.8 Å². The van der Waals surface area contributed by atoms with Crippen molar-refractivity contribution in [3.05, 3.63) is 0 Å². The lowest BCUT2D eigenvalue weighted by atomic mass is 9.99. The number of piperidine rings is 1. The summed E-state index contributed by atoms with van der Waals surface area (Å²) >= 11 is 1.55. The van der Waals surface area contributed by atoms with E-state index in [9.17, 15) is 9.59 Å². The Kier molecular flexibility index (Phi) is 4.28. The lowest BCUT2D eigenvalue weighted by molar-refractivity contribution is -0.139. The zero-order valence-corrected chi connectivity index (χ0v) is 10.6. The predicted molar refractivity (Wildman–Crippen MR) is 65.4 cm³/mol. The van der Waals surface area contributed by atoms with Crippen molar-refractivity contribution in [2.75, 3.05) is 37.9 Å². The molecule has 2 amide bonds. The van der Waals surface area contributed by atoms with Crippen LogP contribution in [0, 0.1) is 5.92 Å². The van der Waals surface area contributed by atoms with Gasteiger partial charge in [0, 0.05) is 19.7 Å². The van der Waals surface area contributed by atoms with Gasteiger partial charge >= 0.3 is 0 Å². The molecular formula is C11H18N2O3S. The summed E-state index contributed by atoms with van der Waals surface area (Å²) in [6.07, 6.45) is 1.93. The van der Waals surface area contributed by atoms with Gasteiger partial charge in [-0.2, -0.15) is 0 Å². The number of thioether (sulfide) groups is 1. The van der Waals surface area contributed by atoms with Crippen molar-refractivity contribution < 1.29 is 14.7 Å². The lowest BCUT2D eigenvalue weighted by Gasteiger charge is -2.32. The van der Waals surface area contributed by atoms with E-state index in [1.807, 2.05) is 0 Å². The first kappa shape index (κ1) is 12.7. The first-order valence-corrected chi connectivity index (χ1v) is 7.10. The average Bonchev–Trinajstić information content (AvgIpc) is 2.75. The van der Waals surface area contributed by atoms with Gasteiger partial charge in [0.1, 0.15) is 6.54 Å². The van der Waals surface area contributed by atoms with Gasteiger partial charge in [0.05, 0.1) is 11.6 Å². The van der Waals surface area contributed by atoms with Crippen LogP contribution in [0.3, 0.4) is 0 Å². The Morgan fingerprint density at radius 2 is 2.35 bits per heavy atom. The maximum Gasteiger partial charge on any atom is 0.242 e. The van der Waals surface area contributed by atoms with Gasteiger partial charge in [0.15, 0.2) is 0 Å². The molecule has 0 aromatic rings. The van der Waals surface area contributed by atoms with E-state index in [1.54, 1.807) is 21.6 Å². The van der Waals surface area contributed by atoms with Crippen LogP contribution in [0.15, 0.2) is 0 Å². The fourth-order valence-corrected chi connectivity index (χ4v) is 3.15. The minimum Gasteiger partial charge on any atom is -0.396 e. The Labute approximate surface area is 105 Å². The van der Waals surface area contributed by atoms with Gasteiger partial charge < -0.3 is 14.9 Å². The van der Waals surface area contributed by atoms with Crippen LogP contribution in [0.4, 0.5) is 0 Å². The molecule has 2 rings (SSSR count). The topological polar surface area (TPSA) is 60.9 Å². The van der Waals surface area contributed by atoms with E-state index >= 15 is 0 Å². The highest BCUT2D eigenvalue weighted by Gasteiger charge is 2.28. The number of hydrogen-bond donors (Lipinski definition) is 1. The zero-order chi connectivity index (χ0) is 12.3. The van der Waals surface area contributed by atoms with Gasteiger partial charge in [-0.15, -0.1) is 11.8 Å². The molecule has 1 atom stereocenters. The van der Waals surface area contributed by atoms with Gasteiger partial charge in [-0.05, 0) is 18.8 Å². The summed E-state index contributed by atoms with van der Waals surface area (Å²) in [6.45, 7) is 1.72. The average molecular weight is 258 g/mol. The fourth-order valence-electron chi connectivity index (χ4n) is 2.24. The van der Waals surface area contributed by atoms with Crippen LogP contribution in [-0.4, -0.2) is 64.6 Å². The van der Waals surface area contributed by atoms with Crippen LogP contribution < -0.4 is 0 Å². The highest BCUT2D eigenvalue weighted by Crippen LogP contribution is 2.18. The van der Waals surface area contributed by atoms with Gasteiger partial charge in [0.25, 0.3) is 0 Å². The Morgan fingerprint density at radius 1 is 1.53 bits per heavy atom. The Morgan fingerprint density at radius 3 is 3.00 bits per heavy atom. The number of aliphatic hydroxyl groups is 1. The lowest BCUT2D eigenvalue weighted by Crippen LogP contribution is -2.46. The maximum absolute atomic E-state index is 12.0. The van der Waals surface area contributed by atoms with Crippen molar-refractivity contribution in [2.24, 2.45) is 5.92 Å². The monoisotopic (exact) mass is 258 g/mol. The number of amides is 2. The second kappa shape index (κ2) is 5.73. The number of rotatable bonds is 3. The third-order valence-corrected chi connectivity index (χ3v) is 4.23. The molecule has 2 aliphatic rings. The molecule has 2 fully saturated rings. The molecule has 2 saturated heterocycles. The molecule has 0 aliphatic carbocycles. The summed E-state index contributed by atoms with van der Waals surface area (Å²) in [7, 11) is 0. The molecule has 5 nitrogen and oxygen atoms in total. The summed E-state index contributed by atoms with van der Waals surface area (Å²) in [5.74, 6) is 1.39. The van der Waals surface area contributed by atoms with Crippen LogP contribution in [-0.2, 0) is 9.59 Å². The van der Waals surface area contributed by atoms with E-state index in [0.717, 1.165) is 19.4 Å². The molecule has 96 valence electrons. The number of aliphatic hydroxyl groups excluding tert-OH is 1. The number of carbonyl (C=O) groups excluding carboxylic acids is 2. The predicted octanol–water partition coefficient (Wildman–Crippen LogP) is -0.250. The first-order chi connectivity index (χ1) is 8.20. The van der Waals surface area contributed by atoms with E-state index < -0.39 is 0 Å². The Balaban J connectivity index is 1.84. The largest absolute Gasteiger partial charge is 0.396 e.